The maximum atomic E-state index is 6.03. The van der Waals surface area contributed by atoms with Crippen molar-refractivity contribution in [2.75, 3.05) is 36.1 Å². The van der Waals surface area contributed by atoms with Gasteiger partial charge in [-0.1, -0.05) is 19.4 Å². The van der Waals surface area contributed by atoms with Crippen LogP contribution in [0.5, 0.6) is 0 Å². The van der Waals surface area contributed by atoms with Gasteiger partial charge >= 0.3 is 0 Å². The van der Waals surface area contributed by atoms with Crippen molar-refractivity contribution in [1.29, 1.82) is 0 Å². The highest BCUT2D eigenvalue weighted by atomic mass is 35.5. The Morgan fingerprint density at radius 1 is 1.21 bits per heavy atom. The first kappa shape index (κ1) is 24.3. The molecule has 1 aromatic carbocycles. The number of likely N-dealkylation sites (N-methyl/N-ethyl adjacent to an activating group) is 1. The van der Waals surface area contributed by atoms with Crippen LogP contribution in [-0.4, -0.2) is 36.1 Å². The van der Waals surface area contributed by atoms with Crippen LogP contribution in [0.3, 0.4) is 0 Å². The van der Waals surface area contributed by atoms with Gasteiger partial charge in [-0.2, -0.15) is 4.98 Å². The first-order chi connectivity index (χ1) is 12.6. The molecule has 0 spiro atoms. The number of hydrogen-bond donors (Lipinski definition) is 3. The van der Waals surface area contributed by atoms with Crippen molar-refractivity contribution >= 4 is 48.0 Å². The highest BCUT2D eigenvalue weighted by Crippen LogP contribution is 2.24. The lowest BCUT2D eigenvalue weighted by Gasteiger charge is -2.33. The van der Waals surface area contributed by atoms with Crippen LogP contribution in [0.2, 0.25) is 0 Å². The first-order valence-corrected chi connectivity index (χ1v) is 9.52. The summed E-state index contributed by atoms with van der Waals surface area (Å²) in [4.78, 5) is 11.9. The zero-order chi connectivity index (χ0) is 18.5. The molecule has 2 heterocycles. The number of nitrogens with zero attached hydrogens (tertiary/aromatic N) is 3. The van der Waals surface area contributed by atoms with E-state index < -0.39 is 0 Å². The number of nitrogen functional groups attached to an aromatic ring is 1. The van der Waals surface area contributed by atoms with Gasteiger partial charge < -0.3 is 21.3 Å². The Balaban J connectivity index is 0.00000196. The van der Waals surface area contributed by atoms with E-state index in [0.29, 0.717) is 12.0 Å². The van der Waals surface area contributed by atoms with Crippen LogP contribution in [0.4, 0.5) is 23.1 Å². The SMILES string of the molecule is CCCc1cc(N2CCC[C@@H](NC)C2)nc(Nc2ccc(C)c(N)c2)n1.Cl.Cl. The van der Waals surface area contributed by atoms with Crippen molar-refractivity contribution in [2.45, 2.75) is 45.6 Å². The van der Waals surface area contributed by atoms with E-state index in [2.05, 4.69) is 28.5 Å². The molecular weight excluding hydrogens is 395 g/mol. The number of nitrogens with one attached hydrogen (secondary N) is 2. The summed E-state index contributed by atoms with van der Waals surface area (Å²) in [7, 11) is 2.03. The second kappa shape index (κ2) is 11.3. The number of anilines is 4. The summed E-state index contributed by atoms with van der Waals surface area (Å²) in [6, 6.07) is 8.61. The molecule has 1 fully saturated rings. The number of benzene rings is 1. The third-order valence-corrected chi connectivity index (χ3v) is 4.96. The number of halogens is 2. The minimum Gasteiger partial charge on any atom is -0.398 e. The molecule has 1 aliphatic rings. The second-order valence-electron chi connectivity index (χ2n) is 7.06. The largest absolute Gasteiger partial charge is 0.398 e. The van der Waals surface area contributed by atoms with Crippen molar-refractivity contribution < 1.29 is 0 Å². The standard InChI is InChI=1S/C20H30N6.2ClH/c1-4-6-15-12-19(26-10-5-7-17(13-26)22-3)25-20(23-15)24-16-9-8-14(2)18(21)11-16;;/h8-9,11-12,17,22H,4-7,10,13,21H2,1-3H3,(H,23,24,25);2*1H/t17-;;/m1../s1. The quantitative estimate of drug-likeness (QED) is 0.603. The third kappa shape index (κ3) is 6.12. The van der Waals surface area contributed by atoms with E-state index in [1.54, 1.807) is 0 Å². The van der Waals surface area contributed by atoms with Gasteiger partial charge in [-0.25, -0.2) is 4.98 Å². The number of aromatic nitrogens is 2. The molecule has 0 unspecified atom stereocenters. The predicted octanol–water partition coefficient (Wildman–Crippen LogP) is 4.10. The summed E-state index contributed by atoms with van der Waals surface area (Å²) in [5.74, 6) is 1.65. The smallest absolute Gasteiger partial charge is 0.229 e. The lowest BCUT2D eigenvalue weighted by molar-refractivity contribution is 0.447. The van der Waals surface area contributed by atoms with Crippen molar-refractivity contribution in [3.8, 4) is 0 Å². The van der Waals surface area contributed by atoms with Crippen LogP contribution in [0.15, 0.2) is 24.3 Å². The van der Waals surface area contributed by atoms with Gasteiger partial charge in [-0.3, -0.25) is 0 Å². The fourth-order valence-electron chi connectivity index (χ4n) is 3.35. The van der Waals surface area contributed by atoms with Crippen molar-refractivity contribution in [3.05, 3.63) is 35.5 Å². The molecule has 1 saturated heterocycles. The summed E-state index contributed by atoms with van der Waals surface area (Å²) >= 11 is 0. The van der Waals surface area contributed by atoms with Crippen LogP contribution < -0.4 is 21.3 Å². The molecule has 0 bridgehead atoms. The Hall–Kier alpha value is -1.76. The monoisotopic (exact) mass is 426 g/mol. The van der Waals surface area contributed by atoms with Gasteiger partial charge in [0.25, 0.3) is 0 Å². The lowest BCUT2D eigenvalue weighted by Crippen LogP contribution is -2.44. The van der Waals surface area contributed by atoms with Gasteiger partial charge in [0.05, 0.1) is 0 Å². The van der Waals surface area contributed by atoms with E-state index in [4.69, 9.17) is 15.7 Å². The molecule has 0 amide bonds. The van der Waals surface area contributed by atoms with Crippen molar-refractivity contribution in [1.82, 2.24) is 15.3 Å². The van der Waals surface area contributed by atoms with E-state index in [0.717, 1.165) is 54.4 Å². The molecular formula is C20H32Cl2N6. The molecule has 6 nitrogen and oxygen atoms in total. The topological polar surface area (TPSA) is 79.1 Å². The molecule has 28 heavy (non-hydrogen) atoms. The average molecular weight is 427 g/mol. The Bertz CT molecular complexity index is 755. The molecule has 3 rings (SSSR count). The van der Waals surface area contributed by atoms with E-state index >= 15 is 0 Å². The summed E-state index contributed by atoms with van der Waals surface area (Å²) in [5, 5.41) is 6.73. The number of rotatable bonds is 6. The molecule has 156 valence electrons. The number of nitrogens with two attached hydrogens (primary N) is 1. The van der Waals surface area contributed by atoms with E-state index in [9.17, 15) is 0 Å². The molecule has 1 aliphatic heterocycles. The van der Waals surface area contributed by atoms with Gasteiger partial charge in [0, 0.05) is 42.3 Å². The van der Waals surface area contributed by atoms with Gasteiger partial charge in [-0.15, -0.1) is 24.8 Å². The maximum absolute atomic E-state index is 6.03. The Kier molecular flexibility index (Phi) is 9.79. The van der Waals surface area contributed by atoms with Gasteiger partial charge in [-0.05, 0) is 50.9 Å². The molecule has 0 aliphatic carbocycles. The molecule has 1 aromatic heterocycles. The molecule has 2 aromatic rings. The highest BCUT2D eigenvalue weighted by molar-refractivity contribution is 5.85. The average Bonchev–Trinajstić information content (AvgIpc) is 2.65. The van der Waals surface area contributed by atoms with Crippen LogP contribution in [0.25, 0.3) is 0 Å². The Morgan fingerprint density at radius 2 is 2.00 bits per heavy atom. The molecule has 0 saturated carbocycles. The summed E-state index contributed by atoms with van der Waals surface area (Å²) in [6.07, 6.45) is 4.40. The highest BCUT2D eigenvalue weighted by Gasteiger charge is 2.20. The van der Waals surface area contributed by atoms with E-state index in [1.807, 2.05) is 32.2 Å². The van der Waals surface area contributed by atoms with Crippen LogP contribution in [-0.2, 0) is 6.42 Å². The van der Waals surface area contributed by atoms with Crippen LogP contribution in [0, 0.1) is 6.92 Å². The minimum atomic E-state index is 0. The molecule has 8 heteroatoms. The normalized spacial score (nSPS) is 16.1. The molecule has 1 atom stereocenters. The second-order valence-corrected chi connectivity index (χ2v) is 7.06. The number of aryl methyl sites for hydroxylation is 2. The van der Waals surface area contributed by atoms with E-state index in [-0.39, 0.29) is 24.8 Å². The molecule has 4 N–H and O–H groups in total. The lowest BCUT2D eigenvalue weighted by atomic mass is 10.1. The number of hydrogen-bond acceptors (Lipinski definition) is 6. The minimum absolute atomic E-state index is 0. The van der Waals surface area contributed by atoms with Crippen LogP contribution >= 0.6 is 24.8 Å². The van der Waals surface area contributed by atoms with E-state index in [1.165, 1.54) is 12.8 Å². The van der Waals surface area contributed by atoms with Gasteiger partial charge in [0.2, 0.25) is 5.95 Å². The predicted molar refractivity (Wildman–Crippen MR) is 124 cm³/mol. The Labute approximate surface area is 180 Å². The summed E-state index contributed by atoms with van der Waals surface area (Å²) in [5.41, 5.74) is 9.87. The molecule has 0 radical (unpaired) electrons. The van der Waals surface area contributed by atoms with Crippen molar-refractivity contribution in [2.24, 2.45) is 0 Å². The number of piperidine rings is 1. The fraction of sp³-hybridized carbons (Fsp3) is 0.500. The zero-order valence-corrected chi connectivity index (χ0v) is 18.5. The summed E-state index contributed by atoms with van der Waals surface area (Å²) in [6.45, 7) is 6.20. The van der Waals surface area contributed by atoms with Crippen molar-refractivity contribution in [3.63, 3.8) is 0 Å². The maximum Gasteiger partial charge on any atom is 0.229 e. The first-order valence-electron chi connectivity index (χ1n) is 9.52. The summed E-state index contributed by atoms with van der Waals surface area (Å²) < 4.78 is 0. The Morgan fingerprint density at radius 3 is 2.68 bits per heavy atom. The van der Waals surface area contributed by atoms with Gasteiger partial charge in [0.1, 0.15) is 5.82 Å². The fourth-order valence-corrected chi connectivity index (χ4v) is 3.35. The zero-order valence-electron chi connectivity index (χ0n) is 16.9. The van der Waals surface area contributed by atoms with Gasteiger partial charge in [0.15, 0.2) is 0 Å². The third-order valence-electron chi connectivity index (χ3n) is 4.96. The van der Waals surface area contributed by atoms with Crippen LogP contribution in [0.1, 0.15) is 37.4 Å².